The molecule has 1 N–H and O–H groups in total. The molecule has 2 aliphatic heterocycles. The van der Waals surface area contributed by atoms with Crippen LogP contribution in [0.25, 0.3) is 10.9 Å². The Morgan fingerprint density at radius 1 is 1.22 bits per heavy atom. The van der Waals surface area contributed by atoms with Crippen LogP contribution < -0.4 is 10.2 Å². The fourth-order valence-electron chi connectivity index (χ4n) is 5.06. The Morgan fingerprint density at radius 3 is 2.78 bits per heavy atom. The number of fused-ring (bicyclic) bond motifs is 1. The maximum Gasteiger partial charge on any atom is 0.311 e. The zero-order valence-electron chi connectivity index (χ0n) is 19.4. The molecule has 4 rings (SSSR count). The van der Waals surface area contributed by atoms with Crippen LogP contribution in [-0.4, -0.2) is 56.3 Å². The highest BCUT2D eigenvalue weighted by atomic mass is 16.5. The Morgan fingerprint density at radius 2 is 2.03 bits per heavy atom. The number of pyridine rings is 1. The highest BCUT2D eigenvalue weighted by Gasteiger charge is 2.41. The van der Waals surface area contributed by atoms with Crippen LogP contribution in [0.3, 0.4) is 0 Å². The molecule has 2 aliphatic rings. The van der Waals surface area contributed by atoms with Crippen molar-refractivity contribution in [3.05, 3.63) is 35.9 Å². The largest absolute Gasteiger partial charge is 0.469 e. The molecule has 0 radical (unpaired) electrons. The van der Waals surface area contributed by atoms with Crippen LogP contribution >= 0.6 is 0 Å². The Hall–Kier alpha value is -2.67. The lowest BCUT2D eigenvalue weighted by Gasteiger charge is -2.44. The molecule has 32 heavy (non-hydrogen) atoms. The average molecular weight is 440 g/mol. The Labute approximate surface area is 189 Å². The van der Waals surface area contributed by atoms with Crippen LogP contribution in [0.15, 0.2) is 30.3 Å². The third-order valence-electron chi connectivity index (χ3n) is 6.87. The highest BCUT2D eigenvalue weighted by molar-refractivity contribution is 5.83. The summed E-state index contributed by atoms with van der Waals surface area (Å²) in [6, 6.07) is 10.2. The zero-order valence-corrected chi connectivity index (χ0v) is 19.4. The van der Waals surface area contributed by atoms with Crippen molar-refractivity contribution in [2.75, 3.05) is 38.3 Å². The number of rotatable bonds is 4. The minimum Gasteiger partial charge on any atom is -0.469 e. The summed E-state index contributed by atoms with van der Waals surface area (Å²) >= 11 is 0. The van der Waals surface area contributed by atoms with E-state index < -0.39 is 0 Å². The lowest BCUT2D eigenvalue weighted by Crippen LogP contribution is -2.54. The molecule has 1 amide bonds. The van der Waals surface area contributed by atoms with Gasteiger partial charge in [-0.15, -0.1) is 0 Å². The molecule has 0 bridgehead atoms. The second-order valence-corrected chi connectivity index (χ2v) is 9.77. The number of amides is 1. The zero-order chi connectivity index (χ0) is 22.9. The maximum absolute atomic E-state index is 13.2. The second kappa shape index (κ2) is 9.06. The van der Waals surface area contributed by atoms with Gasteiger partial charge in [-0.3, -0.25) is 9.59 Å². The van der Waals surface area contributed by atoms with Gasteiger partial charge < -0.3 is 19.7 Å². The van der Waals surface area contributed by atoms with Crippen LogP contribution in [-0.2, 0) is 19.1 Å². The predicted octanol–water partition coefficient (Wildman–Crippen LogP) is 3.09. The number of esters is 1. The third-order valence-corrected chi connectivity index (χ3v) is 6.87. The normalized spacial score (nSPS) is 25.4. The van der Waals surface area contributed by atoms with Crippen molar-refractivity contribution >= 4 is 28.6 Å². The first-order valence-corrected chi connectivity index (χ1v) is 11.4. The smallest absolute Gasteiger partial charge is 0.311 e. The highest BCUT2D eigenvalue weighted by Crippen LogP contribution is 2.37. The van der Waals surface area contributed by atoms with Gasteiger partial charge in [-0.25, -0.2) is 4.98 Å². The third kappa shape index (κ3) is 4.58. The van der Waals surface area contributed by atoms with Crippen LogP contribution in [0, 0.1) is 24.2 Å². The van der Waals surface area contributed by atoms with E-state index in [0.29, 0.717) is 19.6 Å². The Kier molecular flexibility index (Phi) is 6.38. The second-order valence-electron chi connectivity index (χ2n) is 9.77. The van der Waals surface area contributed by atoms with Gasteiger partial charge >= 0.3 is 5.97 Å². The molecule has 7 nitrogen and oxygen atoms in total. The number of carbonyl (C=O) groups excluding carboxylic acids is 2. The van der Waals surface area contributed by atoms with Crippen molar-refractivity contribution in [3.63, 3.8) is 0 Å². The molecule has 2 saturated heterocycles. The molecular formula is C25H33N3O4. The monoisotopic (exact) mass is 439 g/mol. The number of ether oxygens (including phenoxy) is 2. The summed E-state index contributed by atoms with van der Waals surface area (Å²) in [7, 11) is 1.38. The quantitative estimate of drug-likeness (QED) is 0.738. The number of nitrogens with one attached hydrogen (secondary N) is 1. The summed E-state index contributed by atoms with van der Waals surface area (Å²) in [5, 5.41) is 4.27. The first-order valence-electron chi connectivity index (χ1n) is 11.4. The molecule has 3 atom stereocenters. The van der Waals surface area contributed by atoms with Crippen LogP contribution in [0.2, 0.25) is 0 Å². The summed E-state index contributed by atoms with van der Waals surface area (Å²) in [6.45, 7) is 8.67. The van der Waals surface area contributed by atoms with Crippen molar-refractivity contribution in [1.82, 2.24) is 10.3 Å². The van der Waals surface area contributed by atoms with Gasteiger partial charge in [-0.1, -0.05) is 32.0 Å². The molecule has 1 aromatic carbocycles. The van der Waals surface area contributed by atoms with Gasteiger partial charge in [0, 0.05) is 24.4 Å². The number of para-hydroxylation sites is 1. The topological polar surface area (TPSA) is 80.8 Å². The number of hydrogen-bond donors (Lipinski definition) is 1. The molecule has 172 valence electrons. The van der Waals surface area contributed by atoms with Gasteiger partial charge in [0.1, 0.15) is 5.82 Å². The summed E-state index contributed by atoms with van der Waals surface area (Å²) in [5.74, 6) is 0.280. The van der Waals surface area contributed by atoms with Gasteiger partial charge in [0.25, 0.3) is 0 Å². The van der Waals surface area contributed by atoms with E-state index in [1.54, 1.807) is 0 Å². The first kappa shape index (κ1) is 22.5. The van der Waals surface area contributed by atoms with E-state index in [9.17, 15) is 9.59 Å². The van der Waals surface area contributed by atoms with E-state index in [4.69, 9.17) is 14.5 Å². The van der Waals surface area contributed by atoms with Crippen molar-refractivity contribution < 1.29 is 19.1 Å². The van der Waals surface area contributed by atoms with Gasteiger partial charge in [-0.05, 0) is 42.9 Å². The SMILES string of the molecule is COC(=O)[C@@H]1COC[C@@H](NC(=O)[C@H]2CCN(c3ccc4cccc(C)c4n3)CC2(C)C)C1. The van der Waals surface area contributed by atoms with E-state index in [0.717, 1.165) is 41.8 Å². The minimum atomic E-state index is -0.323. The number of benzene rings is 1. The van der Waals surface area contributed by atoms with Crippen LogP contribution in [0.1, 0.15) is 32.3 Å². The molecule has 2 aromatic rings. The van der Waals surface area contributed by atoms with Gasteiger partial charge in [0.15, 0.2) is 0 Å². The van der Waals surface area contributed by atoms with E-state index in [-0.39, 0.29) is 35.2 Å². The predicted molar refractivity (Wildman–Crippen MR) is 123 cm³/mol. The van der Waals surface area contributed by atoms with E-state index in [1.165, 1.54) is 7.11 Å². The molecule has 0 spiro atoms. The lowest BCUT2D eigenvalue weighted by atomic mass is 9.73. The number of carbonyl (C=O) groups is 2. The fourth-order valence-corrected chi connectivity index (χ4v) is 5.06. The number of nitrogens with zero attached hydrogens (tertiary/aromatic N) is 2. The van der Waals surface area contributed by atoms with E-state index in [1.807, 2.05) is 0 Å². The molecule has 0 unspecified atom stereocenters. The average Bonchev–Trinajstić information content (AvgIpc) is 2.78. The lowest BCUT2D eigenvalue weighted by molar-refractivity contribution is -0.151. The number of hydrogen-bond acceptors (Lipinski definition) is 6. The molecule has 2 fully saturated rings. The van der Waals surface area contributed by atoms with Crippen molar-refractivity contribution in [3.8, 4) is 0 Å². The minimum absolute atomic E-state index is 0.0380. The molecule has 3 heterocycles. The summed E-state index contributed by atoms with van der Waals surface area (Å²) in [4.78, 5) is 32.2. The molecular weight excluding hydrogens is 406 g/mol. The van der Waals surface area contributed by atoms with Crippen LogP contribution in [0.4, 0.5) is 5.82 Å². The molecule has 7 heteroatoms. The van der Waals surface area contributed by atoms with E-state index in [2.05, 4.69) is 61.3 Å². The van der Waals surface area contributed by atoms with Gasteiger partial charge in [0.2, 0.25) is 5.91 Å². The van der Waals surface area contributed by atoms with Gasteiger partial charge in [0.05, 0.1) is 37.8 Å². The Balaban J connectivity index is 1.42. The van der Waals surface area contributed by atoms with Crippen molar-refractivity contribution in [1.29, 1.82) is 0 Å². The molecule has 0 aliphatic carbocycles. The molecule has 0 saturated carbocycles. The van der Waals surface area contributed by atoms with Gasteiger partial charge in [-0.2, -0.15) is 0 Å². The number of aromatic nitrogens is 1. The number of aryl methyl sites for hydroxylation is 1. The Bertz CT molecular complexity index is 1010. The maximum atomic E-state index is 13.2. The summed E-state index contributed by atoms with van der Waals surface area (Å²) in [6.07, 6.45) is 1.30. The van der Waals surface area contributed by atoms with Crippen molar-refractivity contribution in [2.45, 2.75) is 39.7 Å². The van der Waals surface area contributed by atoms with Crippen molar-refractivity contribution in [2.24, 2.45) is 17.3 Å². The first-order chi connectivity index (χ1) is 15.3. The summed E-state index contributed by atoms with van der Waals surface area (Å²) < 4.78 is 10.4. The summed E-state index contributed by atoms with van der Waals surface area (Å²) in [5.41, 5.74) is 1.97. The number of methoxy groups -OCH3 is 1. The molecule has 1 aromatic heterocycles. The standard InChI is InChI=1S/C25H33N3O4/c1-16-6-5-7-17-8-9-21(27-22(16)17)28-11-10-20(25(2,3)15-28)23(29)26-19-12-18(13-32-14-19)24(30)31-4/h5-9,18-20H,10-15H2,1-4H3,(H,26,29)/t18-,19-,20+/m0/s1. The van der Waals surface area contributed by atoms with E-state index >= 15 is 0 Å². The number of anilines is 1. The number of piperidine rings is 1. The van der Waals surface area contributed by atoms with Crippen LogP contribution in [0.5, 0.6) is 0 Å². The fraction of sp³-hybridized carbons (Fsp3) is 0.560.